The number of nitrogens with one attached hydrogen (secondary N) is 1. The molecule has 182 valence electrons. The van der Waals surface area contributed by atoms with Crippen molar-refractivity contribution in [2.24, 2.45) is 5.41 Å². The lowest BCUT2D eigenvalue weighted by Crippen LogP contribution is -2.42. The molecule has 4 heterocycles. The molecule has 2 fully saturated rings. The lowest BCUT2D eigenvalue weighted by atomic mass is 9.65. The molecule has 1 aliphatic carbocycles. The van der Waals surface area contributed by atoms with Gasteiger partial charge in [-0.3, -0.25) is 14.9 Å². The summed E-state index contributed by atoms with van der Waals surface area (Å²) >= 11 is 1.40. The van der Waals surface area contributed by atoms with E-state index in [-0.39, 0.29) is 23.3 Å². The number of likely N-dealkylation sites (tertiary alicyclic amines) is 1. The maximum atomic E-state index is 13.2. The Labute approximate surface area is 212 Å². The third-order valence-corrected chi connectivity index (χ3v) is 8.41. The monoisotopic (exact) mass is 498 g/mol. The van der Waals surface area contributed by atoms with Crippen LogP contribution in [0.4, 0.5) is 5.95 Å². The number of nitrogens with zero attached hydrogens (tertiary/aromatic N) is 5. The molecule has 1 saturated carbocycles. The minimum absolute atomic E-state index is 0.00352. The van der Waals surface area contributed by atoms with Gasteiger partial charge in [0.25, 0.3) is 5.91 Å². The summed E-state index contributed by atoms with van der Waals surface area (Å²) in [7, 11) is 0. The molecule has 1 spiro atoms. The second kappa shape index (κ2) is 8.67. The van der Waals surface area contributed by atoms with E-state index in [0.717, 1.165) is 54.0 Å². The Bertz CT molecular complexity index is 1500. The quantitative estimate of drug-likeness (QED) is 0.397. The van der Waals surface area contributed by atoms with Crippen LogP contribution in [0.15, 0.2) is 61.3 Å². The molecule has 3 aromatic heterocycles. The highest BCUT2D eigenvalue weighted by Gasteiger charge is 2.50. The topological polar surface area (TPSA) is 93.0 Å². The largest absolute Gasteiger partial charge is 0.339 e. The number of para-hydroxylation sites is 2. The minimum atomic E-state index is -0.189. The van der Waals surface area contributed by atoms with Crippen molar-refractivity contribution in [1.29, 1.82) is 0 Å². The minimum Gasteiger partial charge on any atom is -0.339 e. The molecule has 0 radical (unpaired) electrons. The lowest BCUT2D eigenvalue weighted by Gasteiger charge is -2.46. The fourth-order valence-corrected chi connectivity index (χ4v) is 6.44. The summed E-state index contributed by atoms with van der Waals surface area (Å²) in [4.78, 5) is 42.1. The molecule has 1 aliphatic heterocycles. The number of carbonyl (C=O) groups excluding carboxylic acids is 2. The second-order valence-electron chi connectivity index (χ2n) is 9.68. The zero-order chi connectivity index (χ0) is 24.9. The molecule has 0 bridgehead atoms. The van der Waals surface area contributed by atoms with Gasteiger partial charge in [0, 0.05) is 25.3 Å². The number of fused-ring (bicyclic) bond motifs is 1. The summed E-state index contributed by atoms with van der Waals surface area (Å²) in [6.45, 7) is 7.01. The van der Waals surface area contributed by atoms with Crippen molar-refractivity contribution < 1.29 is 9.59 Å². The second-order valence-corrected chi connectivity index (χ2v) is 10.8. The van der Waals surface area contributed by atoms with Crippen LogP contribution in [0.2, 0.25) is 0 Å². The van der Waals surface area contributed by atoms with Gasteiger partial charge in [-0.15, -0.1) is 11.3 Å². The van der Waals surface area contributed by atoms with E-state index in [9.17, 15) is 9.59 Å². The van der Waals surface area contributed by atoms with E-state index >= 15 is 0 Å². The van der Waals surface area contributed by atoms with E-state index in [1.54, 1.807) is 6.20 Å². The number of benzene rings is 1. The van der Waals surface area contributed by atoms with Crippen molar-refractivity contribution in [2.75, 3.05) is 18.4 Å². The molecule has 1 saturated heterocycles. The summed E-state index contributed by atoms with van der Waals surface area (Å²) in [5.41, 5.74) is 2.80. The summed E-state index contributed by atoms with van der Waals surface area (Å²) in [5.74, 6) is 1.07. The van der Waals surface area contributed by atoms with Crippen molar-refractivity contribution in [1.82, 2.24) is 24.4 Å². The first-order chi connectivity index (χ1) is 17.4. The molecular formula is C27H26N6O2S. The Morgan fingerprint density at radius 3 is 2.81 bits per heavy atom. The molecule has 2 aliphatic rings. The summed E-state index contributed by atoms with van der Waals surface area (Å²) in [6.07, 6.45) is 6.02. The summed E-state index contributed by atoms with van der Waals surface area (Å²) in [5, 5.41) is 3.07. The van der Waals surface area contributed by atoms with Crippen molar-refractivity contribution in [3.05, 3.63) is 72.0 Å². The number of anilines is 1. The fraction of sp³-hybridized carbons (Fsp3) is 0.296. The number of imidazole rings is 1. The lowest BCUT2D eigenvalue weighted by molar-refractivity contribution is -0.125. The molecule has 2 amide bonds. The maximum Gasteiger partial charge on any atom is 0.268 e. The van der Waals surface area contributed by atoms with Crippen LogP contribution in [0.25, 0.3) is 21.6 Å². The van der Waals surface area contributed by atoms with Crippen LogP contribution in [0, 0.1) is 12.3 Å². The molecule has 1 aromatic carbocycles. The van der Waals surface area contributed by atoms with Crippen LogP contribution >= 0.6 is 11.3 Å². The van der Waals surface area contributed by atoms with Crippen LogP contribution < -0.4 is 5.32 Å². The number of aryl methyl sites for hydroxylation is 1. The SMILES string of the molecule is C=CC(=O)N1CC[C@]2(C1)C[C@H](n1c(NC(=O)c3ccc(-c4ccnc(C)n4)s3)nc3ccccc31)C2. The zero-order valence-corrected chi connectivity index (χ0v) is 20.8. The van der Waals surface area contributed by atoms with Gasteiger partial charge in [-0.05, 0) is 68.0 Å². The van der Waals surface area contributed by atoms with Gasteiger partial charge in [0.1, 0.15) is 5.82 Å². The van der Waals surface area contributed by atoms with E-state index in [1.807, 2.05) is 54.3 Å². The van der Waals surface area contributed by atoms with Crippen molar-refractivity contribution in [2.45, 2.75) is 32.2 Å². The maximum absolute atomic E-state index is 13.2. The van der Waals surface area contributed by atoms with Gasteiger partial charge in [0.15, 0.2) is 0 Å². The van der Waals surface area contributed by atoms with Crippen LogP contribution in [-0.4, -0.2) is 49.3 Å². The van der Waals surface area contributed by atoms with Crippen LogP contribution in [0.1, 0.15) is 40.8 Å². The van der Waals surface area contributed by atoms with E-state index < -0.39 is 0 Å². The number of amides is 2. The predicted molar refractivity (Wildman–Crippen MR) is 140 cm³/mol. The first kappa shape index (κ1) is 22.6. The molecule has 36 heavy (non-hydrogen) atoms. The Kier molecular flexibility index (Phi) is 5.44. The van der Waals surface area contributed by atoms with Gasteiger partial charge in [-0.1, -0.05) is 18.7 Å². The van der Waals surface area contributed by atoms with E-state index in [2.05, 4.69) is 26.4 Å². The number of hydrogen-bond acceptors (Lipinski definition) is 6. The van der Waals surface area contributed by atoms with Crippen LogP contribution in [-0.2, 0) is 4.79 Å². The molecule has 0 unspecified atom stereocenters. The van der Waals surface area contributed by atoms with Gasteiger partial charge in [-0.25, -0.2) is 15.0 Å². The Morgan fingerprint density at radius 1 is 1.17 bits per heavy atom. The molecule has 6 rings (SSSR count). The van der Waals surface area contributed by atoms with E-state index in [0.29, 0.717) is 16.6 Å². The fourth-order valence-electron chi connectivity index (χ4n) is 5.56. The smallest absolute Gasteiger partial charge is 0.268 e. The summed E-state index contributed by atoms with van der Waals surface area (Å²) in [6, 6.07) is 13.8. The Hall–Kier alpha value is -3.85. The van der Waals surface area contributed by atoms with Gasteiger partial charge >= 0.3 is 0 Å². The zero-order valence-electron chi connectivity index (χ0n) is 20.0. The third kappa shape index (κ3) is 3.89. The number of rotatable bonds is 5. The number of hydrogen-bond donors (Lipinski definition) is 1. The summed E-state index contributed by atoms with van der Waals surface area (Å²) < 4.78 is 2.17. The molecule has 4 aromatic rings. The Balaban J connectivity index is 1.24. The normalized spacial score (nSPS) is 21.0. The van der Waals surface area contributed by atoms with Gasteiger partial charge in [-0.2, -0.15) is 0 Å². The van der Waals surface area contributed by atoms with E-state index in [4.69, 9.17) is 4.98 Å². The molecule has 1 N–H and O–H groups in total. The average molecular weight is 499 g/mol. The van der Waals surface area contributed by atoms with Crippen LogP contribution in [0.5, 0.6) is 0 Å². The average Bonchev–Trinajstić information content (AvgIpc) is 3.59. The van der Waals surface area contributed by atoms with Crippen LogP contribution in [0.3, 0.4) is 0 Å². The number of carbonyl (C=O) groups is 2. The standard InChI is InChI=1S/C27H26N6O2S/c1-3-24(34)32-13-11-27(16-32)14-18(15-27)33-21-7-5-4-6-19(21)30-26(33)31-25(35)23-9-8-22(36-23)20-10-12-28-17(2)29-20/h3-10,12,18H,1,11,13-16H2,2H3,(H,30,31,35)/t18-,27-. The highest BCUT2D eigenvalue weighted by Crippen LogP contribution is 2.55. The van der Waals surface area contributed by atoms with E-state index in [1.165, 1.54) is 17.4 Å². The first-order valence-electron chi connectivity index (χ1n) is 12.0. The third-order valence-electron chi connectivity index (χ3n) is 7.31. The van der Waals surface area contributed by atoms with Crippen molar-refractivity contribution in [3.63, 3.8) is 0 Å². The molecule has 0 atom stereocenters. The number of aromatic nitrogens is 4. The van der Waals surface area contributed by atoms with Gasteiger partial charge < -0.3 is 9.47 Å². The van der Waals surface area contributed by atoms with Gasteiger partial charge in [0.05, 0.1) is 26.5 Å². The number of thiophene rings is 1. The van der Waals surface area contributed by atoms with Gasteiger partial charge in [0.2, 0.25) is 11.9 Å². The predicted octanol–water partition coefficient (Wildman–Crippen LogP) is 4.86. The van der Waals surface area contributed by atoms with Crippen molar-refractivity contribution >= 4 is 40.1 Å². The highest BCUT2D eigenvalue weighted by atomic mass is 32.1. The molecular weight excluding hydrogens is 472 g/mol. The molecule has 8 nitrogen and oxygen atoms in total. The highest BCUT2D eigenvalue weighted by molar-refractivity contribution is 7.17. The van der Waals surface area contributed by atoms with Crippen molar-refractivity contribution in [3.8, 4) is 10.6 Å². The molecule has 9 heteroatoms. The Morgan fingerprint density at radius 2 is 2.00 bits per heavy atom. The first-order valence-corrected chi connectivity index (χ1v) is 12.9.